The third kappa shape index (κ3) is 4.62. The Balaban J connectivity index is 1.68. The maximum absolute atomic E-state index is 12.5. The van der Waals surface area contributed by atoms with E-state index < -0.39 is 5.97 Å². The number of rotatable bonds is 7. The lowest BCUT2D eigenvalue weighted by Gasteiger charge is -2.14. The summed E-state index contributed by atoms with van der Waals surface area (Å²) < 4.78 is 7.35. The third-order valence-corrected chi connectivity index (χ3v) is 5.21. The van der Waals surface area contributed by atoms with E-state index in [9.17, 15) is 9.59 Å². The molecule has 0 saturated heterocycles. The first-order valence-electron chi connectivity index (χ1n) is 10.3. The van der Waals surface area contributed by atoms with Crippen LogP contribution in [-0.2, 0) is 22.4 Å². The van der Waals surface area contributed by atoms with Crippen LogP contribution < -0.4 is 5.32 Å². The molecule has 1 aromatic heterocycles. The molecule has 3 aromatic rings. The fraction of sp³-hybridized carbons (Fsp3) is 0.280. The van der Waals surface area contributed by atoms with Gasteiger partial charge in [-0.3, -0.25) is 4.79 Å². The summed E-state index contributed by atoms with van der Waals surface area (Å²) in [5, 5.41) is 2.92. The van der Waals surface area contributed by atoms with Crippen LogP contribution in [0.3, 0.4) is 0 Å². The van der Waals surface area contributed by atoms with Crippen LogP contribution in [0.15, 0.2) is 54.6 Å². The highest BCUT2D eigenvalue weighted by Gasteiger charge is 2.14. The lowest BCUT2D eigenvalue weighted by atomic mass is 10.0. The molecule has 0 saturated carbocycles. The zero-order chi connectivity index (χ0) is 21.7. The van der Waals surface area contributed by atoms with Gasteiger partial charge in [-0.05, 0) is 68.1 Å². The van der Waals surface area contributed by atoms with Gasteiger partial charge in [0, 0.05) is 22.8 Å². The Morgan fingerprint density at radius 3 is 2.10 bits per heavy atom. The van der Waals surface area contributed by atoms with Crippen molar-refractivity contribution in [2.45, 2.75) is 40.5 Å². The number of ether oxygens (including phenoxy) is 1. The van der Waals surface area contributed by atoms with Gasteiger partial charge in [0.05, 0.1) is 5.56 Å². The van der Waals surface area contributed by atoms with Crippen LogP contribution >= 0.6 is 0 Å². The van der Waals surface area contributed by atoms with Crippen molar-refractivity contribution in [3.05, 3.63) is 82.7 Å². The molecule has 0 aliphatic heterocycles. The van der Waals surface area contributed by atoms with Crippen molar-refractivity contribution in [3.8, 4) is 5.69 Å². The molecule has 0 radical (unpaired) electrons. The highest BCUT2D eigenvalue weighted by Crippen LogP contribution is 2.22. The van der Waals surface area contributed by atoms with Crippen LogP contribution in [0.2, 0.25) is 0 Å². The Morgan fingerprint density at radius 2 is 1.50 bits per heavy atom. The van der Waals surface area contributed by atoms with E-state index >= 15 is 0 Å². The summed E-state index contributed by atoms with van der Waals surface area (Å²) in [4.78, 5) is 25.0. The lowest BCUT2D eigenvalue weighted by molar-refractivity contribution is -0.119. The molecule has 0 atom stereocenters. The van der Waals surface area contributed by atoms with Crippen molar-refractivity contribution in [2.24, 2.45) is 0 Å². The smallest absolute Gasteiger partial charge is 0.338 e. The van der Waals surface area contributed by atoms with Crippen molar-refractivity contribution >= 4 is 17.6 Å². The van der Waals surface area contributed by atoms with E-state index in [1.165, 1.54) is 0 Å². The lowest BCUT2D eigenvalue weighted by Crippen LogP contribution is -2.22. The number of carbonyl (C=O) groups is 2. The van der Waals surface area contributed by atoms with E-state index in [4.69, 9.17) is 4.74 Å². The molecule has 0 aliphatic carbocycles. The Hall–Kier alpha value is -3.34. The average Bonchev–Trinajstić information content (AvgIpc) is 3.10. The van der Waals surface area contributed by atoms with Crippen LogP contribution in [0.25, 0.3) is 5.69 Å². The van der Waals surface area contributed by atoms with Crippen LogP contribution in [0.4, 0.5) is 5.69 Å². The van der Waals surface area contributed by atoms with Crippen LogP contribution in [-0.4, -0.2) is 23.1 Å². The summed E-state index contributed by atoms with van der Waals surface area (Å²) in [6.07, 6.45) is 1.63. The molecule has 30 heavy (non-hydrogen) atoms. The number of amides is 1. The van der Waals surface area contributed by atoms with Crippen molar-refractivity contribution in [2.75, 3.05) is 11.9 Å². The molecule has 0 aliphatic rings. The minimum atomic E-state index is -0.519. The second-order valence-electron chi connectivity index (χ2n) is 7.28. The summed E-state index contributed by atoms with van der Waals surface area (Å²) in [6.45, 7) is 7.80. The summed E-state index contributed by atoms with van der Waals surface area (Å²) >= 11 is 0. The Labute approximate surface area is 177 Å². The predicted octanol–water partition coefficient (Wildman–Crippen LogP) is 5.01. The minimum absolute atomic E-state index is 0.328. The van der Waals surface area contributed by atoms with E-state index in [0.717, 1.165) is 46.7 Å². The topological polar surface area (TPSA) is 60.3 Å². The molecule has 0 unspecified atom stereocenters. The molecule has 156 valence electrons. The van der Waals surface area contributed by atoms with Gasteiger partial charge in [-0.15, -0.1) is 0 Å². The molecular weight excluding hydrogens is 376 g/mol. The molecule has 1 heterocycles. The second-order valence-corrected chi connectivity index (χ2v) is 7.28. The molecule has 5 heteroatoms. The number of anilines is 1. The summed E-state index contributed by atoms with van der Waals surface area (Å²) in [5.41, 5.74) is 6.43. The first kappa shape index (κ1) is 21.4. The third-order valence-electron chi connectivity index (χ3n) is 5.21. The highest BCUT2D eigenvalue weighted by atomic mass is 16.5. The number of para-hydroxylation sites is 1. The number of nitrogens with zero attached hydrogens (tertiary/aromatic N) is 1. The van der Waals surface area contributed by atoms with Crippen molar-refractivity contribution < 1.29 is 14.3 Å². The zero-order valence-corrected chi connectivity index (χ0v) is 18.0. The van der Waals surface area contributed by atoms with Crippen LogP contribution in [0.1, 0.15) is 46.7 Å². The van der Waals surface area contributed by atoms with E-state index in [-0.39, 0.29) is 12.5 Å². The van der Waals surface area contributed by atoms with E-state index in [1.54, 1.807) is 12.1 Å². The first-order valence-corrected chi connectivity index (χ1v) is 10.3. The van der Waals surface area contributed by atoms with E-state index in [0.29, 0.717) is 5.56 Å². The minimum Gasteiger partial charge on any atom is -0.452 e. The normalized spacial score (nSPS) is 10.7. The van der Waals surface area contributed by atoms with Crippen molar-refractivity contribution in [1.29, 1.82) is 0 Å². The fourth-order valence-electron chi connectivity index (χ4n) is 3.64. The molecule has 1 N–H and O–H groups in total. The van der Waals surface area contributed by atoms with Crippen LogP contribution in [0, 0.1) is 13.8 Å². The van der Waals surface area contributed by atoms with Gasteiger partial charge in [-0.2, -0.15) is 0 Å². The molecule has 3 rings (SSSR count). The predicted molar refractivity (Wildman–Crippen MR) is 119 cm³/mol. The van der Waals surface area contributed by atoms with E-state index in [1.807, 2.05) is 70.2 Å². The van der Waals surface area contributed by atoms with Gasteiger partial charge in [-0.1, -0.05) is 38.1 Å². The number of hydrogen-bond donors (Lipinski definition) is 1. The fourth-order valence-corrected chi connectivity index (χ4v) is 3.64. The number of esters is 1. The van der Waals surface area contributed by atoms with Gasteiger partial charge < -0.3 is 14.6 Å². The number of aromatic nitrogens is 1. The zero-order valence-electron chi connectivity index (χ0n) is 18.0. The Kier molecular flexibility index (Phi) is 6.72. The molecule has 0 fully saturated rings. The Morgan fingerprint density at radius 1 is 0.900 bits per heavy atom. The monoisotopic (exact) mass is 404 g/mol. The van der Waals surface area contributed by atoms with Gasteiger partial charge in [0.15, 0.2) is 6.61 Å². The maximum Gasteiger partial charge on any atom is 0.338 e. The molecule has 5 nitrogen and oxygen atoms in total. The van der Waals surface area contributed by atoms with Gasteiger partial charge in [0.25, 0.3) is 5.91 Å². The number of benzene rings is 2. The molecule has 0 bridgehead atoms. The number of carbonyl (C=O) groups excluding carboxylic acids is 2. The second kappa shape index (κ2) is 9.44. The van der Waals surface area contributed by atoms with Crippen molar-refractivity contribution in [1.82, 2.24) is 4.57 Å². The molecular formula is C25H28N2O3. The number of nitrogens with one attached hydrogen (secondary N) is 1. The number of aryl methyl sites for hydroxylation is 4. The van der Waals surface area contributed by atoms with Crippen molar-refractivity contribution in [3.63, 3.8) is 0 Å². The van der Waals surface area contributed by atoms with E-state index in [2.05, 4.69) is 9.88 Å². The van der Waals surface area contributed by atoms with Gasteiger partial charge in [-0.25, -0.2) is 4.79 Å². The molecule has 1 amide bonds. The average molecular weight is 405 g/mol. The largest absolute Gasteiger partial charge is 0.452 e. The summed E-state index contributed by atoms with van der Waals surface area (Å²) in [7, 11) is 0. The first-order chi connectivity index (χ1) is 14.4. The standard InChI is InChI=1S/C25H28N2O3/c1-5-19-9-7-10-20(6-2)24(19)26-23(28)16-30-25(29)21-11-8-12-22(15-21)27-17(3)13-14-18(27)4/h7-15H,5-6,16H2,1-4H3,(H,26,28). The summed E-state index contributed by atoms with van der Waals surface area (Å²) in [5.74, 6) is -0.860. The highest BCUT2D eigenvalue weighted by molar-refractivity contribution is 5.96. The van der Waals surface area contributed by atoms with Crippen LogP contribution in [0.5, 0.6) is 0 Å². The summed E-state index contributed by atoms with van der Waals surface area (Å²) in [6, 6.07) is 17.3. The van der Waals surface area contributed by atoms with Gasteiger partial charge >= 0.3 is 5.97 Å². The maximum atomic E-state index is 12.5. The molecule has 0 spiro atoms. The van der Waals surface area contributed by atoms with Gasteiger partial charge in [0.1, 0.15) is 0 Å². The number of hydrogen-bond acceptors (Lipinski definition) is 3. The van der Waals surface area contributed by atoms with Gasteiger partial charge in [0.2, 0.25) is 0 Å². The quantitative estimate of drug-likeness (QED) is 0.563. The SMILES string of the molecule is CCc1cccc(CC)c1NC(=O)COC(=O)c1cccc(-n2c(C)ccc2C)c1. The Bertz CT molecular complexity index is 1020. The molecule has 2 aromatic carbocycles.